The number of rotatable bonds is 38. The van der Waals surface area contributed by atoms with Gasteiger partial charge in [0.25, 0.3) is 0 Å². The van der Waals surface area contributed by atoms with Crippen molar-refractivity contribution < 1.29 is 14.0 Å². The van der Waals surface area contributed by atoms with E-state index in [-0.39, 0.29) is 6.10 Å². The molecule has 0 aliphatic carbocycles. The molecule has 0 aliphatic rings. The van der Waals surface area contributed by atoms with E-state index in [1.54, 1.807) is 0 Å². The Balaban J connectivity index is 4.33. The van der Waals surface area contributed by atoms with Crippen molar-refractivity contribution in [3.8, 4) is 0 Å². The van der Waals surface area contributed by atoms with Gasteiger partial charge in [-0.15, -0.1) is 0 Å². The van der Waals surface area contributed by atoms with E-state index in [0.29, 0.717) is 0 Å². The number of likely N-dealkylation sites (N-methyl/N-ethyl adjacent to an activating group) is 1. The van der Waals surface area contributed by atoms with E-state index in [1.165, 1.54) is 148 Å². The lowest BCUT2D eigenvalue weighted by atomic mass is 9.91. The van der Waals surface area contributed by atoms with E-state index in [9.17, 15) is 0 Å². The van der Waals surface area contributed by atoms with Gasteiger partial charge in [-0.05, 0) is 66.6 Å². The number of hydrogen-bond donors (Lipinski definition) is 0. The summed E-state index contributed by atoms with van der Waals surface area (Å²) in [5.41, 5.74) is 0. The molecule has 0 N–H and O–H groups in total. The Morgan fingerprint density at radius 3 is 1.08 bits per heavy atom. The molecule has 314 valence electrons. The van der Waals surface area contributed by atoms with Crippen molar-refractivity contribution in [1.29, 1.82) is 0 Å². The third-order valence-electron chi connectivity index (χ3n) is 12.4. The first-order valence-electron chi connectivity index (χ1n) is 23.6. The van der Waals surface area contributed by atoms with Gasteiger partial charge in [-0.25, -0.2) is 0 Å². The van der Waals surface area contributed by atoms with Gasteiger partial charge in [0.15, 0.2) is 0 Å². The molecule has 7 atom stereocenters. The fourth-order valence-electron chi connectivity index (χ4n) is 8.19. The first-order chi connectivity index (χ1) is 24.6. The van der Waals surface area contributed by atoms with E-state index < -0.39 is 0 Å². The van der Waals surface area contributed by atoms with Gasteiger partial charge in [0.05, 0.1) is 27.2 Å². The molecular weight excluding hydrogens is 635 g/mol. The minimum absolute atomic E-state index is 0.195. The van der Waals surface area contributed by atoms with Gasteiger partial charge in [-0.1, -0.05) is 198 Å². The summed E-state index contributed by atoms with van der Waals surface area (Å²) < 4.78 is 14.0. The largest absolute Gasteiger partial charge is 0.379 e. The maximum absolute atomic E-state index is 6.61. The van der Waals surface area contributed by atoms with Crippen LogP contribution in [-0.4, -0.2) is 57.6 Å². The van der Waals surface area contributed by atoms with Crippen molar-refractivity contribution in [3.05, 3.63) is 0 Å². The molecule has 0 aromatic rings. The second kappa shape index (κ2) is 33.1. The number of quaternary nitrogens is 1. The summed E-state index contributed by atoms with van der Waals surface area (Å²) in [6.45, 7) is 31.3. The highest BCUT2D eigenvalue weighted by Crippen LogP contribution is 2.24. The topological polar surface area (TPSA) is 18.5 Å². The third-order valence-corrected chi connectivity index (χ3v) is 12.4. The average Bonchev–Trinajstić information content (AvgIpc) is 3.05. The predicted molar refractivity (Wildman–Crippen MR) is 234 cm³/mol. The quantitative estimate of drug-likeness (QED) is 0.0464. The van der Waals surface area contributed by atoms with Crippen molar-refractivity contribution >= 4 is 0 Å². The molecule has 0 saturated carbocycles. The zero-order valence-corrected chi connectivity index (χ0v) is 38.6. The Morgan fingerprint density at radius 2 is 0.731 bits per heavy atom. The van der Waals surface area contributed by atoms with Crippen molar-refractivity contribution in [1.82, 2.24) is 0 Å². The van der Waals surface area contributed by atoms with Crippen LogP contribution in [0.3, 0.4) is 0 Å². The Morgan fingerprint density at radius 1 is 0.404 bits per heavy atom. The Labute approximate surface area is 330 Å². The van der Waals surface area contributed by atoms with Crippen LogP contribution in [-0.2, 0) is 9.47 Å². The van der Waals surface area contributed by atoms with Crippen LogP contribution in [0.5, 0.6) is 0 Å². The lowest BCUT2D eigenvalue weighted by Gasteiger charge is -2.33. The smallest absolute Gasteiger partial charge is 0.130 e. The molecule has 0 aromatic carbocycles. The lowest BCUT2D eigenvalue weighted by Crippen LogP contribution is -2.48. The van der Waals surface area contributed by atoms with E-state index in [4.69, 9.17) is 9.47 Å². The highest BCUT2D eigenvalue weighted by atomic mass is 16.5. The third kappa shape index (κ3) is 34.4. The molecule has 0 aromatic heterocycles. The second-order valence-corrected chi connectivity index (χ2v) is 20.3. The van der Waals surface area contributed by atoms with Gasteiger partial charge in [-0.2, -0.15) is 0 Å². The molecule has 0 rings (SSSR count). The van der Waals surface area contributed by atoms with Crippen LogP contribution in [0.25, 0.3) is 0 Å². The maximum Gasteiger partial charge on any atom is 0.130 e. The van der Waals surface area contributed by atoms with Crippen molar-refractivity contribution in [2.75, 3.05) is 47.0 Å². The zero-order valence-electron chi connectivity index (χ0n) is 38.6. The molecule has 3 nitrogen and oxygen atoms in total. The van der Waals surface area contributed by atoms with Crippen molar-refractivity contribution in [3.63, 3.8) is 0 Å². The molecular formula is C49H102NO2+. The molecule has 0 saturated heterocycles. The molecule has 0 radical (unpaired) electrons. The van der Waals surface area contributed by atoms with E-state index in [2.05, 4.69) is 90.3 Å². The van der Waals surface area contributed by atoms with Gasteiger partial charge in [-0.3, -0.25) is 0 Å². The summed E-state index contributed by atoms with van der Waals surface area (Å²) in [7, 11) is 4.75. The fourth-order valence-corrected chi connectivity index (χ4v) is 8.19. The highest BCUT2D eigenvalue weighted by molar-refractivity contribution is 4.64. The molecule has 0 spiro atoms. The van der Waals surface area contributed by atoms with Crippen LogP contribution >= 0.6 is 0 Å². The summed E-state index contributed by atoms with van der Waals surface area (Å²) in [5.74, 6) is 6.75. The predicted octanol–water partition coefficient (Wildman–Crippen LogP) is 15.2. The van der Waals surface area contributed by atoms with Crippen LogP contribution in [0.15, 0.2) is 0 Å². The summed E-state index contributed by atoms with van der Waals surface area (Å²) in [6, 6.07) is 0. The highest BCUT2D eigenvalue weighted by Gasteiger charge is 2.23. The normalized spacial score (nSPS) is 16.7. The Hall–Kier alpha value is -0.120. The SMILES string of the molecule is CCCC[N+](C)(C)CC(COCCC(C)CCCC(C)CCCC(C)CCCC(C)C)OCCC(C)CCCC(C)CCCC(C)CCCC(C)C. The van der Waals surface area contributed by atoms with E-state index >= 15 is 0 Å². The first-order valence-corrected chi connectivity index (χ1v) is 23.6. The van der Waals surface area contributed by atoms with Gasteiger partial charge < -0.3 is 14.0 Å². The Bertz CT molecular complexity index is 750. The van der Waals surface area contributed by atoms with E-state index in [1.807, 2.05) is 0 Å². The first kappa shape index (κ1) is 51.9. The van der Waals surface area contributed by atoms with Crippen LogP contribution in [0, 0.1) is 47.3 Å². The second-order valence-electron chi connectivity index (χ2n) is 20.3. The van der Waals surface area contributed by atoms with Gasteiger partial charge in [0, 0.05) is 13.2 Å². The number of hydrogen-bond acceptors (Lipinski definition) is 2. The molecule has 0 amide bonds. The number of unbranched alkanes of at least 4 members (excludes halogenated alkanes) is 1. The van der Waals surface area contributed by atoms with Crippen LogP contribution < -0.4 is 0 Å². The molecule has 0 aliphatic heterocycles. The minimum Gasteiger partial charge on any atom is -0.379 e. The zero-order chi connectivity index (χ0) is 39.2. The fraction of sp³-hybridized carbons (Fsp3) is 1.00. The molecule has 52 heavy (non-hydrogen) atoms. The molecule has 0 fully saturated rings. The number of nitrogens with zero attached hydrogens (tertiary/aromatic N) is 1. The molecule has 7 unspecified atom stereocenters. The summed E-state index contributed by atoms with van der Waals surface area (Å²) >= 11 is 0. The molecule has 0 heterocycles. The van der Waals surface area contributed by atoms with Crippen LogP contribution in [0.2, 0.25) is 0 Å². The van der Waals surface area contributed by atoms with Crippen LogP contribution in [0.4, 0.5) is 0 Å². The Kier molecular flexibility index (Phi) is 33.0. The van der Waals surface area contributed by atoms with Gasteiger partial charge >= 0.3 is 0 Å². The van der Waals surface area contributed by atoms with E-state index in [0.717, 1.165) is 78.2 Å². The van der Waals surface area contributed by atoms with Crippen molar-refractivity contribution in [2.24, 2.45) is 47.3 Å². The number of ether oxygens (including phenoxy) is 2. The molecule has 0 bridgehead atoms. The van der Waals surface area contributed by atoms with Gasteiger partial charge in [0.1, 0.15) is 12.6 Å². The standard InChI is InChI=1S/C49H102NO2/c1-14-15-36-50(12,13)39-49(52-38-35-48(11)33-21-31-46(9)29-19-27-44(7)25-17-23-42(4)5)40-51-37-34-47(10)32-20-30-45(8)28-18-26-43(6)24-16-22-41(2)3/h41-49H,14-40H2,1-13H3/q+1. The summed E-state index contributed by atoms with van der Waals surface area (Å²) in [4.78, 5) is 0. The lowest BCUT2D eigenvalue weighted by molar-refractivity contribution is -0.893. The summed E-state index contributed by atoms with van der Waals surface area (Å²) in [5, 5.41) is 0. The monoisotopic (exact) mass is 737 g/mol. The molecule has 3 heteroatoms. The average molecular weight is 737 g/mol. The minimum atomic E-state index is 0.195. The van der Waals surface area contributed by atoms with Gasteiger partial charge in [0.2, 0.25) is 0 Å². The summed E-state index contributed by atoms with van der Waals surface area (Å²) in [6.07, 6.45) is 30.3. The van der Waals surface area contributed by atoms with Crippen molar-refractivity contribution in [2.45, 2.75) is 224 Å². The van der Waals surface area contributed by atoms with Crippen LogP contribution in [0.1, 0.15) is 217 Å². The maximum atomic E-state index is 6.61.